The summed E-state index contributed by atoms with van der Waals surface area (Å²) in [5, 5.41) is 3.75. The van der Waals surface area contributed by atoms with Crippen LogP contribution in [0.5, 0.6) is 0 Å². The molecule has 1 aliphatic rings. The number of nitrogens with zero attached hydrogens (tertiary/aromatic N) is 2. The second-order valence-corrected chi connectivity index (χ2v) is 6.69. The average molecular weight is 380 g/mol. The van der Waals surface area contributed by atoms with Crippen molar-refractivity contribution in [3.05, 3.63) is 35.9 Å². The summed E-state index contributed by atoms with van der Waals surface area (Å²) in [5.74, 6) is 0. The van der Waals surface area contributed by atoms with Crippen LogP contribution in [0.25, 0.3) is 0 Å². The summed E-state index contributed by atoms with van der Waals surface area (Å²) in [6.07, 6.45) is 1.64. The van der Waals surface area contributed by atoms with Crippen LogP contribution in [0.4, 0.5) is 4.79 Å². The van der Waals surface area contributed by atoms with Crippen LogP contribution < -0.4 is 0 Å². The number of hydrogen-bond donors (Lipinski definition) is 0. The van der Waals surface area contributed by atoms with Crippen LogP contribution in [-0.2, 0) is 25.6 Å². The molecule has 0 unspecified atom stereocenters. The van der Waals surface area contributed by atoms with Crippen LogP contribution in [-0.4, -0.2) is 75.4 Å². The van der Waals surface area contributed by atoms with E-state index in [1.807, 2.05) is 37.3 Å². The number of carbonyl (C=O) groups is 1. The predicted octanol–water partition coefficient (Wildman–Crippen LogP) is 2.70. The third-order valence-corrected chi connectivity index (χ3v) is 4.61. The van der Waals surface area contributed by atoms with Crippen LogP contribution in [0.2, 0.25) is 0 Å². The highest BCUT2D eigenvalue weighted by atomic mass is 16.6. The molecule has 0 aliphatic carbocycles. The fourth-order valence-electron chi connectivity index (χ4n) is 3.26. The van der Waals surface area contributed by atoms with Gasteiger partial charge in [-0.15, -0.1) is 0 Å². The maximum atomic E-state index is 12.4. The Morgan fingerprint density at radius 2 is 2.00 bits per heavy atom. The van der Waals surface area contributed by atoms with Gasteiger partial charge in [0.05, 0.1) is 52.2 Å². The molecule has 2 atom stereocenters. The normalized spacial score (nSPS) is 18.4. The Kier molecular flexibility index (Phi) is 9.55. The molecule has 1 aromatic carbocycles. The van der Waals surface area contributed by atoms with Gasteiger partial charge in [-0.2, -0.15) is 0 Å². The molecular weight excluding hydrogens is 348 g/mol. The quantitative estimate of drug-likeness (QED) is 0.550. The summed E-state index contributed by atoms with van der Waals surface area (Å²) in [5.41, 5.74) is 1.11. The first-order valence-corrected chi connectivity index (χ1v) is 9.49. The van der Waals surface area contributed by atoms with Crippen LogP contribution in [0.1, 0.15) is 25.3 Å². The molecule has 0 saturated carbocycles. The first-order valence-electron chi connectivity index (χ1n) is 9.49. The van der Waals surface area contributed by atoms with E-state index < -0.39 is 0 Å². The zero-order chi connectivity index (χ0) is 19.5. The summed E-state index contributed by atoms with van der Waals surface area (Å²) in [6.45, 7) is 5.40. The van der Waals surface area contributed by atoms with Crippen LogP contribution >= 0.6 is 0 Å². The number of carbonyl (C=O) groups excluding carboxylic acids is 1. The largest absolute Gasteiger partial charge is 0.452 e. The minimum atomic E-state index is -0.366. The molecule has 1 aromatic rings. The smallest absolute Gasteiger partial charge is 0.424 e. The van der Waals surface area contributed by atoms with E-state index in [1.54, 1.807) is 12.1 Å². The summed E-state index contributed by atoms with van der Waals surface area (Å²) in [6, 6.07) is 10.0. The molecule has 0 N–H and O–H groups in total. The molecule has 0 radical (unpaired) electrons. The summed E-state index contributed by atoms with van der Waals surface area (Å²) in [4.78, 5) is 12.4. The van der Waals surface area contributed by atoms with Gasteiger partial charge in [-0.3, -0.25) is 0 Å². The molecule has 152 valence electrons. The Morgan fingerprint density at radius 1 is 1.22 bits per heavy atom. The Bertz CT molecular complexity index is 542. The van der Waals surface area contributed by atoms with Gasteiger partial charge in [0.1, 0.15) is 0 Å². The number of hydrogen-bond acceptors (Lipinski definition) is 6. The standard InChI is InChI=1S/C20H32N2O5/c1-17(14-27-15-18-8-5-4-6-9-18)22(20(23)25-3)21-11-7-10-19(21)16-26-13-12-24-2/h4-6,8-9,17,19H,7,10-16H2,1-3H3/t17-,19+/m1/s1. The Morgan fingerprint density at radius 3 is 2.70 bits per heavy atom. The molecule has 1 amide bonds. The number of amides is 1. The topological polar surface area (TPSA) is 60.5 Å². The van der Waals surface area contributed by atoms with Gasteiger partial charge in [0.2, 0.25) is 0 Å². The van der Waals surface area contributed by atoms with Crippen molar-refractivity contribution in [1.29, 1.82) is 0 Å². The second-order valence-electron chi connectivity index (χ2n) is 6.69. The lowest BCUT2D eigenvalue weighted by Crippen LogP contribution is -2.55. The van der Waals surface area contributed by atoms with E-state index in [4.69, 9.17) is 18.9 Å². The lowest BCUT2D eigenvalue weighted by Gasteiger charge is -2.38. The van der Waals surface area contributed by atoms with Crippen molar-refractivity contribution in [3.63, 3.8) is 0 Å². The SMILES string of the molecule is COCCOC[C@@H]1CCCN1N(C(=O)OC)[C@H](C)COCc1ccccc1. The molecule has 1 aliphatic heterocycles. The molecule has 1 fully saturated rings. The van der Waals surface area contributed by atoms with Crippen LogP contribution in [0.15, 0.2) is 30.3 Å². The van der Waals surface area contributed by atoms with Crippen molar-refractivity contribution >= 4 is 6.09 Å². The van der Waals surface area contributed by atoms with E-state index in [-0.39, 0.29) is 18.2 Å². The van der Waals surface area contributed by atoms with Gasteiger partial charge in [0, 0.05) is 13.7 Å². The monoisotopic (exact) mass is 380 g/mol. The highest BCUT2D eigenvalue weighted by molar-refractivity contribution is 5.67. The summed E-state index contributed by atoms with van der Waals surface area (Å²) in [7, 11) is 3.06. The van der Waals surface area contributed by atoms with Crippen molar-refractivity contribution in [2.45, 2.75) is 38.5 Å². The van der Waals surface area contributed by atoms with E-state index in [0.29, 0.717) is 33.0 Å². The number of hydrazine groups is 1. The van der Waals surface area contributed by atoms with Gasteiger partial charge >= 0.3 is 6.09 Å². The van der Waals surface area contributed by atoms with Gasteiger partial charge in [0.15, 0.2) is 0 Å². The van der Waals surface area contributed by atoms with Gasteiger partial charge in [-0.25, -0.2) is 14.8 Å². The molecule has 27 heavy (non-hydrogen) atoms. The minimum absolute atomic E-state index is 0.138. The van der Waals surface area contributed by atoms with Crippen molar-refractivity contribution in [2.75, 3.05) is 47.2 Å². The number of rotatable bonds is 11. The lowest BCUT2D eigenvalue weighted by atomic mass is 10.2. The van der Waals surface area contributed by atoms with E-state index in [1.165, 1.54) is 7.11 Å². The van der Waals surface area contributed by atoms with Crippen molar-refractivity contribution in [2.24, 2.45) is 0 Å². The van der Waals surface area contributed by atoms with E-state index in [2.05, 4.69) is 5.01 Å². The van der Waals surface area contributed by atoms with Gasteiger partial charge in [-0.1, -0.05) is 30.3 Å². The van der Waals surface area contributed by atoms with Gasteiger partial charge < -0.3 is 18.9 Å². The van der Waals surface area contributed by atoms with E-state index in [9.17, 15) is 4.79 Å². The summed E-state index contributed by atoms with van der Waals surface area (Å²) >= 11 is 0. The third kappa shape index (κ3) is 6.77. The zero-order valence-corrected chi connectivity index (χ0v) is 16.6. The molecule has 0 spiro atoms. The minimum Gasteiger partial charge on any atom is -0.452 e. The Labute approximate surface area is 162 Å². The maximum Gasteiger partial charge on any atom is 0.424 e. The molecule has 7 heteroatoms. The van der Waals surface area contributed by atoms with Crippen molar-refractivity contribution < 1.29 is 23.7 Å². The van der Waals surface area contributed by atoms with E-state index >= 15 is 0 Å². The third-order valence-electron chi connectivity index (χ3n) is 4.61. The fraction of sp³-hybridized carbons (Fsp3) is 0.650. The molecule has 7 nitrogen and oxygen atoms in total. The van der Waals surface area contributed by atoms with Crippen LogP contribution in [0.3, 0.4) is 0 Å². The second kappa shape index (κ2) is 11.9. The molecule has 0 bridgehead atoms. The molecular formula is C20H32N2O5. The number of benzene rings is 1. The molecule has 1 heterocycles. The van der Waals surface area contributed by atoms with Gasteiger partial charge in [-0.05, 0) is 25.3 Å². The number of methoxy groups -OCH3 is 2. The molecule has 0 aromatic heterocycles. The predicted molar refractivity (Wildman–Crippen MR) is 102 cm³/mol. The highest BCUT2D eigenvalue weighted by Gasteiger charge is 2.35. The Hall–Kier alpha value is -1.67. The first-order chi connectivity index (χ1) is 13.2. The summed E-state index contributed by atoms with van der Waals surface area (Å²) < 4.78 is 21.6. The zero-order valence-electron chi connectivity index (χ0n) is 16.6. The number of ether oxygens (including phenoxy) is 4. The van der Waals surface area contributed by atoms with Crippen molar-refractivity contribution in [1.82, 2.24) is 10.0 Å². The molecule has 2 rings (SSSR count). The fourth-order valence-corrected chi connectivity index (χ4v) is 3.26. The molecule has 1 saturated heterocycles. The van der Waals surface area contributed by atoms with Gasteiger partial charge in [0.25, 0.3) is 0 Å². The average Bonchev–Trinajstić information content (AvgIpc) is 3.14. The van der Waals surface area contributed by atoms with Crippen molar-refractivity contribution in [3.8, 4) is 0 Å². The Balaban J connectivity index is 1.91. The van der Waals surface area contributed by atoms with Crippen LogP contribution in [0, 0.1) is 0 Å². The maximum absolute atomic E-state index is 12.4. The highest BCUT2D eigenvalue weighted by Crippen LogP contribution is 2.23. The van der Waals surface area contributed by atoms with E-state index in [0.717, 1.165) is 24.9 Å². The lowest BCUT2D eigenvalue weighted by molar-refractivity contribution is -0.0876. The first kappa shape index (κ1) is 21.6.